The molecule has 1 N–H and O–H groups in total. The van der Waals surface area contributed by atoms with Gasteiger partial charge < -0.3 is 10.1 Å². The Balaban J connectivity index is 2.41. The Kier molecular flexibility index (Phi) is 5.20. The maximum Gasteiger partial charge on any atom is 0.307 e. The third kappa shape index (κ3) is 4.68. The van der Waals surface area contributed by atoms with Gasteiger partial charge in [0.2, 0.25) is 5.91 Å². The summed E-state index contributed by atoms with van der Waals surface area (Å²) < 4.78 is 4.49. The van der Waals surface area contributed by atoms with Crippen LogP contribution in [0, 0.1) is 0 Å². The van der Waals surface area contributed by atoms with Crippen LogP contribution < -0.4 is 5.32 Å². The highest BCUT2D eigenvalue weighted by Gasteiger charge is 2.09. The van der Waals surface area contributed by atoms with Crippen molar-refractivity contribution >= 4 is 11.9 Å². The van der Waals surface area contributed by atoms with Gasteiger partial charge in [-0.1, -0.05) is 29.9 Å². The second-order valence-corrected chi connectivity index (χ2v) is 3.79. The molecular formula is C13H17NO3. The lowest BCUT2D eigenvalue weighted by molar-refractivity contribution is -0.140. The molecule has 1 aliphatic rings. The van der Waals surface area contributed by atoms with Gasteiger partial charge in [-0.3, -0.25) is 9.59 Å². The summed E-state index contributed by atoms with van der Waals surface area (Å²) >= 11 is 0. The molecule has 92 valence electrons. The average Bonchev–Trinajstić information content (AvgIpc) is 2.53. The fraction of sp³-hybridized carbons (Fsp3) is 0.385. The van der Waals surface area contributed by atoms with Crippen molar-refractivity contribution in [2.75, 3.05) is 13.7 Å². The molecule has 0 aromatic carbocycles. The van der Waals surface area contributed by atoms with Crippen LogP contribution in [0.25, 0.3) is 0 Å². The van der Waals surface area contributed by atoms with Crippen molar-refractivity contribution in [2.24, 2.45) is 0 Å². The monoisotopic (exact) mass is 235 g/mol. The number of hydrogen-bond acceptors (Lipinski definition) is 3. The average molecular weight is 235 g/mol. The third-order valence-electron chi connectivity index (χ3n) is 2.43. The van der Waals surface area contributed by atoms with Gasteiger partial charge in [0.1, 0.15) is 0 Å². The van der Waals surface area contributed by atoms with Crippen LogP contribution in [0.1, 0.15) is 19.8 Å². The van der Waals surface area contributed by atoms with E-state index in [0.717, 1.165) is 5.57 Å². The van der Waals surface area contributed by atoms with Gasteiger partial charge in [-0.25, -0.2) is 0 Å². The molecule has 0 saturated heterocycles. The number of nitrogens with one attached hydrogen (secondary N) is 1. The SMILES string of the molecule is COC(=O)CCNC(=O)C1=CC=CC(C)=CC1. The van der Waals surface area contributed by atoms with Crippen molar-refractivity contribution in [3.8, 4) is 0 Å². The predicted octanol–water partition coefficient (Wildman–Crippen LogP) is 1.50. The van der Waals surface area contributed by atoms with Crippen LogP contribution in [0.4, 0.5) is 0 Å². The van der Waals surface area contributed by atoms with E-state index >= 15 is 0 Å². The molecule has 4 nitrogen and oxygen atoms in total. The van der Waals surface area contributed by atoms with Gasteiger partial charge in [-0.2, -0.15) is 0 Å². The second-order valence-electron chi connectivity index (χ2n) is 3.79. The molecule has 0 aromatic heterocycles. The number of methoxy groups -OCH3 is 1. The Hall–Kier alpha value is -1.84. The third-order valence-corrected chi connectivity index (χ3v) is 2.43. The summed E-state index contributed by atoms with van der Waals surface area (Å²) in [4.78, 5) is 22.6. The van der Waals surface area contributed by atoms with Crippen molar-refractivity contribution in [3.63, 3.8) is 0 Å². The van der Waals surface area contributed by atoms with E-state index in [1.54, 1.807) is 6.08 Å². The smallest absolute Gasteiger partial charge is 0.307 e. The first kappa shape index (κ1) is 13.2. The molecule has 0 unspecified atom stereocenters. The van der Waals surface area contributed by atoms with E-state index in [1.165, 1.54) is 7.11 Å². The standard InChI is InChI=1S/C13H17NO3/c1-10-4-3-5-11(7-6-10)13(16)14-9-8-12(15)17-2/h3-6H,7-9H2,1-2H3,(H,14,16). The van der Waals surface area contributed by atoms with E-state index in [2.05, 4.69) is 10.1 Å². The van der Waals surface area contributed by atoms with Crippen molar-refractivity contribution in [2.45, 2.75) is 19.8 Å². The first-order valence-electron chi connectivity index (χ1n) is 5.52. The lowest BCUT2D eigenvalue weighted by Crippen LogP contribution is -2.27. The molecule has 0 radical (unpaired) electrons. The molecule has 0 spiro atoms. The summed E-state index contributed by atoms with van der Waals surface area (Å²) in [5.74, 6) is -0.458. The zero-order chi connectivity index (χ0) is 12.7. The Bertz CT molecular complexity index is 389. The van der Waals surface area contributed by atoms with Crippen LogP contribution in [-0.2, 0) is 14.3 Å². The van der Waals surface area contributed by atoms with Crippen LogP contribution in [0.3, 0.4) is 0 Å². The first-order chi connectivity index (χ1) is 8.13. The minimum Gasteiger partial charge on any atom is -0.469 e. The van der Waals surface area contributed by atoms with E-state index in [4.69, 9.17) is 0 Å². The van der Waals surface area contributed by atoms with Gasteiger partial charge >= 0.3 is 5.97 Å². The topological polar surface area (TPSA) is 55.4 Å². The van der Waals surface area contributed by atoms with E-state index in [9.17, 15) is 9.59 Å². The zero-order valence-electron chi connectivity index (χ0n) is 10.2. The van der Waals surface area contributed by atoms with Gasteiger partial charge in [0.05, 0.1) is 13.5 Å². The predicted molar refractivity (Wildman–Crippen MR) is 65.2 cm³/mol. The van der Waals surface area contributed by atoms with Crippen molar-refractivity contribution in [3.05, 3.63) is 35.5 Å². The molecule has 0 bridgehead atoms. The molecule has 0 saturated carbocycles. The van der Waals surface area contributed by atoms with Gasteiger partial charge in [-0.05, 0) is 13.3 Å². The van der Waals surface area contributed by atoms with Crippen LogP contribution in [0.15, 0.2) is 35.5 Å². The molecular weight excluding hydrogens is 218 g/mol. The molecule has 4 heteroatoms. The normalized spacial score (nSPS) is 14.5. The quantitative estimate of drug-likeness (QED) is 0.751. The van der Waals surface area contributed by atoms with Crippen LogP contribution >= 0.6 is 0 Å². The van der Waals surface area contributed by atoms with Crippen LogP contribution in [-0.4, -0.2) is 25.5 Å². The van der Waals surface area contributed by atoms with Gasteiger partial charge in [0.15, 0.2) is 0 Å². The molecule has 0 aliphatic heterocycles. The number of carbonyl (C=O) groups excluding carboxylic acids is 2. The van der Waals surface area contributed by atoms with Crippen LogP contribution in [0.5, 0.6) is 0 Å². The largest absolute Gasteiger partial charge is 0.469 e. The lowest BCUT2D eigenvalue weighted by atomic mass is 10.1. The number of allylic oxidation sites excluding steroid dienone is 5. The van der Waals surface area contributed by atoms with Gasteiger partial charge in [-0.15, -0.1) is 0 Å². The Labute approximate surface area is 101 Å². The maximum atomic E-state index is 11.7. The molecule has 0 atom stereocenters. The van der Waals surface area contributed by atoms with Crippen LogP contribution in [0.2, 0.25) is 0 Å². The number of esters is 1. The Morgan fingerprint density at radius 1 is 1.47 bits per heavy atom. The van der Waals surface area contributed by atoms with Crippen molar-refractivity contribution < 1.29 is 14.3 Å². The molecule has 17 heavy (non-hydrogen) atoms. The molecule has 0 aromatic rings. The van der Waals surface area contributed by atoms with Gasteiger partial charge in [0.25, 0.3) is 0 Å². The highest BCUT2D eigenvalue weighted by atomic mass is 16.5. The number of ether oxygens (including phenoxy) is 1. The number of rotatable bonds is 4. The summed E-state index contributed by atoms with van der Waals surface area (Å²) in [7, 11) is 1.33. The van der Waals surface area contributed by atoms with Crippen molar-refractivity contribution in [1.29, 1.82) is 0 Å². The number of hydrogen-bond donors (Lipinski definition) is 1. The molecule has 1 amide bonds. The summed E-state index contributed by atoms with van der Waals surface area (Å²) in [6.45, 7) is 2.29. The highest BCUT2D eigenvalue weighted by molar-refractivity contribution is 5.94. The summed E-state index contributed by atoms with van der Waals surface area (Å²) in [5.41, 5.74) is 1.83. The number of carbonyl (C=O) groups is 2. The highest BCUT2D eigenvalue weighted by Crippen LogP contribution is 2.11. The van der Waals surface area contributed by atoms with Crippen molar-refractivity contribution in [1.82, 2.24) is 5.32 Å². The Morgan fingerprint density at radius 3 is 2.94 bits per heavy atom. The number of amides is 1. The van der Waals surface area contributed by atoms with E-state index in [0.29, 0.717) is 18.5 Å². The summed E-state index contributed by atoms with van der Waals surface area (Å²) in [6, 6.07) is 0. The first-order valence-corrected chi connectivity index (χ1v) is 5.52. The molecule has 0 fully saturated rings. The van der Waals surface area contributed by atoms with E-state index < -0.39 is 0 Å². The Morgan fingerprint density at radius 2 is 2.24 bits per heavy atom. The lowest BCUT2D eigenvalue weighted by Gasteiger charge is -2.05. The fourth-order valence-electron chi connectivity index (χ4n) is 1.39. The molecule has 1 aliphatic carbocycles. The van der Waals surface area contributed by atoms with E-state index in [1.807, 2.05) is 25.2 Å². The maximum absolute atomic E-state index is 11.7. The fourth-order valence-corrected chi connectivity index (χ4v) is 1.39. The minimum atomic E-state index is -0.323. The molecule has 0 heterocycles. The minimum absolute atomic E-state index is 0.135. The van der Waals surface area contributed by atoms with Gasteiger partial charge in [0, 0.05) is 12.1 Å². The zero-order valence-corrected chi connectivity index (χ0v) is 10.2. The van der Waals surface area contributed by atoms with E-state index in [-0.39, 0.29) is 18.3 Å². The second kappa shape index (κ2) is 6.68. The summed E-state index contributed by atoms with van der Waals surface area (Å²) in [5, 5.41) is 2.69. The summed E-state index contributed by atoms with van der Waals surface area (Å²) in [6.07, 6.45) is 8.40. The molecule has 1 rings (SSSR count).